The summed E-state index contributed by atoms with van der Waals surface area (Å²) < 4.78 is 0. The SMILES string of the molecule is CCCCC/C=C\C/C=C\C/C=C\C/C=C\CCCCC(O)(CCCC/C=C\C/C=C\C/C=C\C/C=C\CCCCC)C(O)CO. The van der Waals surface area contributed by atoms with Crippen molar-refractivity contribution in [3.63, 3.8) is 0 Å². The summed E-state index contributed by atoms with van der Waals surface area (Å²) in [6.45, 7) is 4.08. The van der Waals surface area contributed by atoms with E-state index < -0.39 is 18.3 Å². The number of hydrogen-bond acceptors (Lipinski definition) is 3. The molecule has 1 unspecified atom stereocenters. The largest absolute Gasteiger partial charge is 0.394 e. The number of rotatable bonds is 32. The molecule has 0 aromatic carbocycles. The van der Waals surface area contributed by atoms with Crippen molar-refractivity contribution in [3.8, 4) is 0 Å². The number of aliphatic hydroxyl groups excluding tert-OH is 2. The van der Waals surface area contributed by atoms with Gasteiger partial charge in [-0.25, -0.2) is 0 Å². The molecule has 0 aliphatic carbocycles. The van der Waals surface area contributed by atoms with Gasteiger partial charge in [0, 0.05) is 0 Å². The van der Waals surface area contributed by atoms with Crippen LogP contribution in [0.3, 0.4) is 0 Å². The molecule has 3 heteroatoms. The highest BCUT2D eigenvalue weighted by atomic mass is 16.4. The molecular formula is C43H72O3. The summed E-state index contributed by atoms with van der Waals surface area (Å²) in [7, 11) is 0. The molecule has 0 fully saturated rings. The predicted octanol–water partition coefficient (Wildman–Crippen LogP) is 12.1. The van der Waals surface area contributed by atoms with Gasteiger partial charge in [0.05, 0.1) is 12.2 Å². The first-order valence-corrected chi connectivity index (χ1v) is 18.8. The van der Waals surface area contributed by atoms with Crippen LogP contribution in [0.1, 0.15) is 155 Å². The Morgan fingerprint density at radius 3 is 0.935 bits per heavy atom. The number of hydrogen-bond donors (Lipinski definition) is 3. The standard InChI is InChI=1S/C43H72O3/c1-3-5-7-9-11-13-15-17-19-21-23-25-27-29-31-33-35-37-39-43(46,42(45)41-44)40-38-36-34-32-30-28-26-24-22-20-18-16-14-12-10-8-6-4-2/h11-14,17-20,23-26,29-32,42,44-46H,3-10,15-16,21-22,27-28,33-41H2,1-2H3/b13-11-,14-12-,19-17-,20-18-,25-23-,26-24-,31-29-,32-30-. The van der Waals surface area contributed by atoms with Crippen molar-refractivity contribution < 1.29 is 15.3 Å². The fourth-order valence-electron chi connectivity index (χ4n) is 5.14. The van der Waals surface area contributed by atoms with Gasteiger partial charge < -0.3 is 15.3 Å². The molecule has 0 saturated heterocycles. The second-order valence-electron chi connectivity index (χ2n) is 12.5. The summed E-state index contributed by atoms with van der Waals surface area (Å²) >= 11 is 0. The molecular weight excluding hydrogens is 564 g/mol. The van der Waals surface area contributed by atoms with Crippen molar-refractivity contribution in [2.24, 2.45) is 0 Å². The Kier molecular flexibility index (Phi) is 33.9. The second kappa shape index (κ2) is 35.7. The van der Waals surface area contributed by atoms with Gasteiger partial charge >= 0.3 is 0 Å². The fraction of sp³-hybridized carbons (Fsp3) is 0.628. The second-order valence-corrected chi connectivity index (χ2v) is 12.5. The van der Waals surface area contributed by atoms with Crippen molar-refractivity contribution in [1.82, 2.24) is 0 Å². The van der Waals surface area contributed by atoms with E-state index in [1.165, 1.54) is 51.4 Å². The van der Waals surface area contributed by atoms with Gasteiger partial charge in [0.1, 0.15) is 6.10 Å². The van der Waals surface area contributed by atoms with E-state index in [4.69, 9.17) is 0 Å². The van der Waals surface area contributed by atoms with E-state index in [1.54, 1.807) is 0 Å². The Bertz CT molecular complexity index is 806. The maximum absolute atomic E-state index is 11.1. The van der Waals surface area contributed by atoms with Crippen LogP contribution in [0.15, 0.2) is 97.2 Å². The minimum atomic E-state index is -1.20. The summed E-state index contributed by atoms with van der Waals surface area (Å²) in [5, 5.41) is 30.9. The van der Waals surface area contributed by atoms with Crippen molar-refractivity contribution in [2.45, 2.75) is 167 Å². The molecule has 0 aromatic rings. The monoisotopic (exact) mass is 637 g/mol. The van der Waals surface area contributed by atoms with Crippen LogP contribution >= 0.6 is 0 Å². The van der Waals surface area contributed by atoms with Crippen molar-refractivity contribution in [1.29, 1.82) is 0 Å². The fourth-order valence-corrected chi connectivity index (χ4v) is 5.14. The molecule has 262 valence electrons. The van der Waals surface area contributed by atoms with E-state index in [9.17, 15) is 15.3 Å². The van der Waals surface area contributed by atoms with Crippen molar-refractivity contribution in [3.05, 3.63) is 97.2 Å². The lowest BCUT2D eigenvalue weighted by atomic mass is 9.85. The molecule has 0 aromatic heterocycles. The van der Waals surface area contributed by atoms with Crippen LogP contribution in [-0.2, 0) is 0 Å². The molecule has 0 radical (unpaired) electrons. The average molecular weight is 637 g/mol. The Hall–Kier alpha value is -2.20. The molecule has 3 nitrogen and oxygen atoms in total. The Morgan fingerprint density at radius 2 is 0.674 bits per heavy atom. The third-order valence-corrected chi connectivity index (χ3v) is 8.17. The van der Waals surface area contributed by atoms with Gasteiger partial charge in [-0.2, -0.15) is 0 Å². The maximum atomic E-state index is 11.1. The molecule has 0 amide bonds. The molecule has 0 bridgehead atoms. The Balaban J connectivity index is 3.97. The topological polar surface area (TPSA) is 60.7 Å². The number of aliphatic hydroxyl groups is 3. The van der Waals surface area contributed by atoms with E-state index in [0.717, 1.165) is 77.0 Å². The molecule has 0 aliphatic heterocycles. The van der Waals surface area contributed by atoms with Crippen LogP contribution in [0.5, 0.6) is 0 Å². The first-order chi connectivity index (χ1) is 22.6. The zero-order valence-corrected chi connectivity index (χ0v) is 29.9. The minimum Gasteiger partial charge on any atom is -0.394 e. The summed E-state index contributed by atoms with van der Waals surface area (Å²) in [4.78, 5) is 0. The number of allylic oxidation sites excluding steroid dienone is 16. The Morgan fingerprint density at radius 1 is 0.413 bits per heavy atom. The molecule has 0 spiro atoms. The van der Waals surface area contributed by atoms with Gasteiger partial charge in [-0.05, 0) is 103 Å². The first-order valence-electron chi connectivity index (χ1n) is 18.8. The number of unbranched alkanes of at least 4 members (excludes halogenated alkanes) is 10. The highest BCUT2D eigenvalue weighted by Crippen LogP contribution is 2.26. The van der Waals surface area contributed by atoms with E-state index in [-0.39, 0.29) is 0 Å². The lowest BCUT2D eigenvalue weighted by Gasteiger charge is -2.32. The van der Waals surface area contributed by atoms with Crippen LogP contribution in [-0.4, -0.2) is 33.6 Å². The molecule has 46 heavy (non-hydrogen) atoms. The zero-order valence-electron chi connectivity index (χ0n) is 29.9. The zero-order chi connectivity index (χ0) is 33.7. The summed E-state index contributed by atoms with van der Waals surface area (Å²) in [6.07, 6.45) is 57.3. The minimum absolute atomic E-state index is 0.398. The van der Waals surface area contributed by atoms with Crippen molar-refractivity contribution >= 4 is 0 Å². The quantitative estimate of drug-likeness (QED) is 0.0508. The summed E-state index contributed by atoms with van der Waals surface area (Å²) in [5.74, 6) is 0. The maximum Gasteiger partial charge on any atom is 0.106 e. The lowest BCUT2D eigenvalue weighted by molar-refractivity contribution is -0.106. The van der Waals surface area contributed by atoms with Gasteiger partial charge in [0.25, 0.3) is 0 Å². The van der Waals surface area contributed by atoms with Gasteiger partial charge in [-0.3, -0.25) is 0 Å². The highest BCUT2D eigenvalue weighted by Gasteiger charge is 2.33. The van der Waals surface area contributed by atoms with Gasteiger partial charge in [0.2, 0.25) is 0 Å². The van der Waals surface area contributed by atoms with Crippen LogP contribution < -0.4 is 0 Å². The molecule has 0 aliphatic rings. The van der Waals surface area contributed by atoms with Gasteiger partial charge in [-0.15, -0.1) is 0 Å². The molecule has 1 atom stereocenters. The highest BCUT2D eigenvalue weighted by molar-refractivity contribution is 5.01. The van der Waals surface area contributed by atoms with E-state index in [1.807, 2.05) is 0 Å². The van der Waals surface area contributed by atoms with Crippen LogP contribution in [0, 0.1) is 0 Å². The van der Waals surface area contributed by atoms with Crippen LogP contribution in [0.4, 0.5) is 0 Å². The van der Waals surface area contributed by atoms with Gasteiger partial charge in [0.15, 0.2) is 0 Å². The first kappa shape index (κ1) is 43.8. The van der Waals surface area contributed by atoms with E-state index in [0.29, 0.717) is 12.8 Å². The lowest BCUT2D eigenvalue weighted by Crippen LogP contribution is -2.44. The predicted molar refractivity (Wildman–Crippen MR) is 204 cm³/mol. The summed E-state index contributed by atoms with van der Waals surface area (Å²) in [6, 6.07) is 0. The van der Waals surface area contributed by atoms with E-state index >= 15 is 0 Å². The third-order valence-electron chi connectivity index (χ3n) is 8.17. The normalized spacial score (nSPS) is 14.1. The van der Waals surface area contributed by atoms with Crippen LogP contribution in [0.2, 0.25) is 0 Å². The van der Waals surface area contributed by atoms with E-state index in [2.05, 4.69) is 111 Å². The molecule has 0 heterocycles. The van der Waals surface area contributed by atoms with Crippen LogP contribution in [0.25, 0.3) is 0 Å². The molecule has 3 N–H and O–H groups in total. The molecule has 0 rings (SSSR count). The summed E-state index contributed by atoms with van der Waals surface area (Å²) in [5.41, 5.74) is -1.20. The van der Waals surface area contributed by atoms with Crippen molar-refractivity contribution in [2.75, 3.05) is 6.61 Å². The Labute approximate surface area is 285 Å². The smallest absolute Gasteiger partial charge is 0.106 e. The van der Waals surface area contributed by atoms with Gasteiger partial charge in [-0.1, -0.05) is 150 Å². The molecule has 0 saturated carbocycles. The average Bonchev–Trinajstić information content (AvgIpc) is 3.06. The third kappa shape index (κ3) is 30.5.